The van der Waals surface area contributed by atoms with E-state index in [-0.39, 0.29) is 23.3 Å². The van der Waals surface area contributed by atoms with Crippen molar-refractivity contribution in [2.45, 2.75) is 17.9 Å². The smallest absolute Gasteiger partial charge is 0.240 e. The predicted molar refractivity (Wildman–Crippen MR) is 101 cm³/mol. The number of sulfonamides is 1. The molecule has 1 atom stereocenters. The molecule has 2 aromatic rings. The Morgan fingerprint density at radius 1 is 1.00 bits per heavy atom. The summed E-state index contributed by atoms with van der Waals surface area (Å²) in [7, 11) is -1.67. The fourth-order valence-electron chi connectivity index (χ4n) is 1.89. The molecule has 0 radical (unpaired) electrons. The highest BCUT2D eigenvalue weighted by Gasteiger charge is 2.14. The molecule has 0 aliphatic rings. The van der Waals surface area contributed by atoms with Crippen molar-refractivity contribution < 1.29 is 8.42 Å². The van der Waals surface area contributed by atoms with Gasteiger partial charge in [-0.2, -0.15) is 0 Å². The topological polar surface area (TPSA) is 58.2 Å². The Morgan fingerprint density at radius 3 is 1.96 bits per heavy atom. The number of benzene rings is 2. The lowest BCUT2D eigenvalue weighted by Gasteiger charge is -2.12. The minimum absolute atomic E-state index is 0. The Morgan fingerprint density at radius 2 is 1.48 bits per heavy atom. The highest BCUT2D eigenvalue weighted by Crippen LogP contribution is 2.23. The van der Waals surface area contributed by atoms with Crippen molar-refractivity contribution >= 4 is 38.4 Å². The van der Waals surface area contributed by atoms with Gasteiger partial charge in [-0.25, -0.2) is 13.1 Å². The van der Waals surface area contributed by atoms with Crippen LogP contribution in [0.2, 0.25) is 0 Å². The Labute approximate surface area is 152 Å². The van der Waals surface area contributed by atoms with Crippen LogP contribution in [0.1, 0.15) is 6.92 Å². The van der Waals surface area contributed by atoms with Crippen molar-refractivity contribution in [1.29, 1.82) is 0 Å². The highest BCUT2D eigenvalue weighted by molar-refractivity contribution is 9.10. The molecule has 0 bridgehead atoms. The summed E-state index contributed by atoms with van der Waals surface area (Å²) in [4.78, 5) is 0.275. The molecular formula is C16H20BrClN2O2S. The van der Waals surface area contributed by atoms with E-state index in [0.717, 1.165) is 15.6 Å². The summed E-state index contributed by atoms with van der Waals surface area (Å²) in [6.07, 6.45) is 0. The first-order chi connectivity index (χ1) is 10.4. The number of likely N-dealkylation sites (N-methyl/N-ethyl adjacent to an activating group) is 1. The van der Waals surface area contributed by atoms with Crippen LogP contribution >= 0.6 is 28.3 Å². The lowest BCUT2D eigenvalue weighted by atomic mass is 10.1. The molecule has 23 heavy (non-hydrogen) atoms. The first kappa shape index (κ1) is 20.1. The molecule has 0 saturated heterocycles. The van der Waals surface area contributed by atoms with Gasteiger partial charge in [-0.1, -0.05) is 40.2 Å². The zero-order valence-corrected chi connectivity index (χ0v) is 16.1. The van der Waals surface area contributed by atoms with E-state index in [1.54, 1.807) is 19.2 Å². The number of hydrogen-bond donors (Lipinski definition) is 2. The third kappa shape index (κ3) is 5.58. The summed E-state index contributed by atoms with van der Waals surface area (Å²) >= 11 is 3.40. The number of hydrogen-bond acceptors (Lipinski definition) is 3. The molecule has 0 aliphatic heterocycles. The molecule has 0 saturated carbocycles. The van der Waals surface area contributed by atoms with E-state index in [4.69, 9.17) is 0 Å². The Hall–Kier alpha value is -0.920. The molecule has 0 heterocycles. The summed E-state index contributed by atoms with van der Waals surface area (Å²) in [6, 6.07) is 14.9. The van der Waals surface area contributed by atoms with Crippen molar-refractivity contribution in [2.24, 2.45) is 0 Å². The van der Waals surface area contributed by atoms with Crippen molar-refractivity contribution in [3.8, 4) is 11.1 Å². The summed E-state index contributed by atoms with van der Waals surface area (Å²) in [5, 5.41) is 2.99. The van der Waals surface area contributed by atoms with E-state index in [2.05, 4.69) is 26.0 Å². The first-order valence-electron chi connectivity index (χ1n) is 6.95. The molecule has 2 aromatic carbocycles. The molecule has 0 amide bonds. The van der Waals surface area contributed by atoms with E-state index < -0.39 is 10.0 Å². The minimum Gasteiger partial charge on any atom is -0.316 e. The fraction of sp³-hybridized carbons (Fsp3) is 0.250. The maximum absolute atomic E-state index is 12.2. The SMILES string of the molecule is CNC(C)CNS(=O)(=O)c1ccc(-c2ccc(Br)cc2)cc1.Cl. The van der Waals surface area contributed by atoms with Gasteiger partial charge >= 0.3 is 0 Å². The minimum atomic E-state index is -3.47. The number of halogens is 2. The van der Waals surface area contributed by atoms with Crippen LogP contribution in [0, 0.1) is 0 Å². The van der Waals surface area contributed by atoms with Gasteiger partial charge in [-0.3, -0.25) is 0 Å². The van der Waals surface area contributed by atoms with Crippen LogP contribution in [0.3, 0.4) is 0 Å². The maximum atomic E-state index is 12.2. The van der Waals surface area contributed by atoms with E-state index >= 15 is 0 Å². The molecule has 2 rings (SSSR count). The molecule has 4 nitrogen and oxygen atoms in total. The van der Waals surface area contributed by atoms with Crippen LogP contribution in [-0.4, -0.2) is 28.1 Å². The van der Waals surface area contributed by atoms with Gasteiger partial charge in [0.15, 0.2) is 0 Å². The van der Waals surface area contributed by atoms with Gasteiger partial charge in [0.05, 0.1) is 4.90 Å². The second-order valence-electron chi connectivity index (χ2n) is 5.07. The Bertz CT molecular complexity index is 719. The Balaban J connectivity index is 0.00000264. The quantitative estimate of drug-likeness (QED) is 0.754. The van der Waals surface area contributed by atoms with Crippen LogP contribution in [0.25, 0.3) is 11.1 Å². The van der Waals surface area contributed by atoms with E-state index in [9.17, 15) is 8.42 Å². The molecule has 1 unspecified atom stereocenters. The monoisotopic (exact) mass is 418 g/mol. The summed E-state index contributed by atoms with van der Waals surface area (Å²) in [5.74, 6) is 0. The van der Waals surface area contributed by atoms with Crippen LogP contribution in [0.4, 0.5) is 0 Å². The average molecular weight is 420 g/mol. The largest absolute Gasteiger partial charge is 0.316 e. The third-order valence-electron chi connectivity index (χ3n) is 3.41. The van der Waals surface area contributed by atoms with E-state index in [1.165, 1.54) is 0 Å². The standard InChI is InChI=1S/C16H19BrN2O2S.ClH/c1-12(18-2)11-19-22(20,21)16-9-5-14(6-10-16)13-3-7-15(17)8-4-13;/h3-10,12,18-19H,11H2,1-2H3;1H. The number of rotatable bonds is 6. The van der Waals surface area contributed by atoms with Gasteiger partial charge in [-0.05, 0) is 49.4 Å². The summed E-state index contributed by atoms with van der Waals surface area (Å²) < 4.78 is 28.0. The van der Waals surface area contributed by atoms with Crippen LogP contribution in [0.5, 0.6) is 0 Å². The van der Waals surface area contributed by atoms with Crippen molar-refractivity contribution in [1.82, 2.24) is 10.0 Å². The van der Waals surface area contributed by atoms with Gasteiger partial charge in [0.25, 0.3) is 0 Å². The molecule has 0 fully saturated rings. The van der Waals surface area contributed by atoms with Gasteiger partial charge in [0, 0.05) is 17.1 Å². The second kappa shape index (κ2) is 8.80. The highest BCUT2D eigenvalue weighted by atomic mass is 79.9. The molecule has 126 valence electrons. The summed E-state index contributed by atoms with van der Waals surface area (Å²) in [5.41, 5.74) is 2.03. The van der Waals surface area contributed by atoms with Crippen molar-refractivity contribution in [3.63, 3.8) is 0 Å². The zero-order valence-electron chi connectivity index (χ0n) is 12.9. The second-order valence-corrected chi connectivity index (χ2v) is 7.76. The van der Waals surface area contributed by atoms with Crippen molar-refractivity contribution in [2.75, 3.05) is 13.6 Å². The Kier molecular flexibility index (Phi) is 7.70. The van der Waals surface area contributed by atoms with E-state index in [0.29, 0.717) is 6.54 Å². The average Bonchev–Trinajstić information content (AvgIpc) is 2.53. The van der Waals surface area contributed by atoms with Gasteiger partial charge in [0.2, 0.25) is 10.0 Å². The lowest BCUT2D eigenvalue weighted by molar-refractivity contribution is 0.554. The molecule has 0 aromatic heterocycles. The van der Waals surface area contributed by atoms with Gasteiger partial charge < -0.3 is 5.32 Å². The van der Waals surface area contributed by atoms with Crippen molar-refractivity contribution in [3.05, 3.63) is 53.0 Å². The molecule has 2 N–H and O–H groups in total. The predicted octanol–water partition coefficient (Wildman–Crippen LogP) is 3.42. The molecule has 0 spiro atoms. The number of nitrogens with one attached hydrogen (secondary N) is 2. The zero-order chi connectivity index (χ0) is 16.2. The lowest BCUT2D eigenvalue weighted by Crippen LogP contribution is -2.37. The normalized spacial score (nSPS) is 12.5. The van der Waals surface area contributed by atoms with Gasteiger partial charge in [-0.15, -0.1) is 12.4 Å². The third-order valence-corrected chi connectivity index (χ3v) is 5.38. The van der Waals surface area contributed by atoms with E-state index in [1.807, 2.05) is 43.3 Å². The molecular weight excluding hydrogens is 400 g/mol. The van der Waals surface area contributed by atoms with Gasteiger partial charge in [0.1, 0.15) is 0 Å². The van der Waals surface area contributed by atoms with Crippen LogP contribution in [0.15, 0.2) is 57.9 Å². The fourth-order valence-corrected chi connectivity index (χ4v) is 3.28. The molecule has 0 aliphatic carbocycles. The van der Waals surface area contributed by atoms with Crippen LogP contribution < -0.4 is 10.0 Å². The summed E-state index contributed by atoms with van der Waals surface area (Å²) in [6.45, 7) is 2.27. The maximum Gasteiger partial charge on any atom is 0.240 e. The molecule has 7 heteroatoms. The van der Waals surface area contributed by atoms with Crippen LogP contribution in [-0.2, 0) is 10.0 Å². The first-order valence-corrected chi connectivity index (χ1v) is 9.23.